The maximum Gasteiger partial charge on any atom is 0.430 e. The lowest BCUT2D eigenvalue weighted by molar-refractivity contribution is -0.514. The van der Waals surface area contributed by atoms with E-state index in [-0.39, 0.29) is 23.0 Å². The van der Waals surface area contributed by atoms with Gasteiger partial charge < -0.3 is 20.5 Å². The Morgan fingerprint density at radius 3 is 2.25 bits per heavy atom. The number of halogens is 4. The maximum absolute atomic E-state index is 13.3. The highest BCUT2D eigenvalue weighted by molar-refractivity contribution is 6.30. The number of carboxylic acid groups (broad SMARTS) is 1. The zero-order valence-electron chi connectivity index (χ0n) is 20.3. The number of rotatable bonds is 3. The Morgan fingerprint density at radius 1 is 1.08 bits per heavy atom. The fourth-order valence-electron chi connectivity index (χ4n) is 4.79. The van der Waals surface area contributed by atoms with E-state index in [0.717, 1.165) is 29.6 Å². The molecule has 0 atom stereocenters. The second kappa shape index (κ2) is 10.1. The number of nitrogens with one attached hydrogen (secondary N) is 3. The SMILES string of the molecule is CC1(C)CC(NC(=O)c2[nH]c(-c3cccc(Cl)c3)c3cccc[n+]23)CC(C)(C)N1.O=C([O-])C(F)(F)F. The maximum atomic E-state index is 13.3. The predicted octanol–water partition coefficient (Wildman–Crippen LogP) is 3.41. The van der Waals surface area contributed by atoms with Gasteiger partial charge in [0.15, 0.2) is 11.2 Å². The summed E-state index contributed by atoms with van der Waals surface area (Å²) in [4.78, 5) is 25.4. The van der Waals surface area contributed by atoms with E-state index in [0.29, 0.717) is 10.8 Å². The minimum atomic E-state index is -5.19. The van der Waals surface area contributed by atoms with Crippen molar-refractivity contribution >= 4 is 29.0 Å². The average molecular weight is 525 g/mol. The second-order valence-electron chi connectivity index (χ2n) is 10.1. The first-order valence-electron chi connectivity index (χ1n) is 11.2. The lowest BCUT2D eigenvalue weighted by Crippen LogP contribution is -2.62. The van der Waals surface area contributed by atoms with Gasteiger partial charge in [0.1, 0.15) is 5.97 Å². The second-order valence-corrected chi connectivity index (χ2v) is 10.5. The quantitative estimate of drug-likeness (QED) is 0.457. The van der Waals surface area contributed by atoms with Gasteiger partial charge in [0, 0.05) is 27.7 Å². The molecule has 0 unspecified atom stereocenters. The third-order valence-electron chi connectivity index (χ3n) is 5.69. The summed E-state index contributed by atoms with van der Waals surface area (Å²) in [5, 5.41) is 16.4. The Hall–Kier alpha value is -3.11. The van der Waals surface area contributed by atoms with Crippen molar-refractivity contribution < 1.29 is 32.3 Å². The Morgan fingerprint density at radius 2 is 1.69 bits per heavy atom. The molecule has 0 aliphatic carbocycles. The van der Waals surface area contributed by atoms with Crippen LogP contribution in [0.4, 0.5) is 13.2 Å². The number of piperidine rings is 1. The van der Waals surface area contributed by atoms with Crippen LogP contribution < -0.4 is 20.1 Å². The number of fused-ring (bicyclic) bond motifs is 1. The summed E-state index contributed by atoms with van der Waals surface area (Å²) in [7, 11) is 0. The van der Waals surface area contributed by atoms with Crippen LogP contribution in [0, 0.1) is 0 Å². The first-order chi connectivity index (χ1) is 16.6. The fraction of sp³-hybridized carbons (Fsp3) is 0.400. The molecule has 1 aliphatic rings. The number of aliphatic carboxylic acids is 1. The highest BCUT2D eigenvalue weighted by Crippen LogP contribution is 2.29. The van der Waals surface area contributed by atoms with Crippen molar-refractivity contribution in [3.63, 3.8) is 0 Å². The van der Waals surface area contributed by atoms with Crippen LogP contribution >= 0.6 is 11.6 Å². The van der Waals surface area contributed by atoms with Crippen molar-refractivity contribution in [1.29, 1.82) is 0 Å². The summed E-state index contributed by atoms with van der Waals surface area (Å²) in [6.07, 6.45) is -1.52. The Labute approximate surface area is 211 Å². The number of hydrogen-bond acceptors (Lipinski definition) is 4. The zero-order chi connectivity index (χ0) is 26.9. The molecule has 1 amide bonds. The molecule has 3 heterocycles. The number of hydrogen-bond donors (Lipinski definition) is 3. The number of carbonyl (C=O) groups is 2. The van der Waals surface area contributed by atoms with Crippen LogP contribution in [0.5, 0.6) is 0 Å². The van der Waals surface area contributed by atoms with Gasteiger partial charge in [0.05, 0.1) is 6.20 Å². The van der Waals surface area contributed by atoms with Crippen LogP contribution in [0.1, 0.15) is 51.2 Å². The standard InChI is InChI=1S/C23H27ClN4O.C2HF3O2/c1-22(2)13-17(14-23(3,4)27-22)25-21(29)20-26-19(15-8-7-9-16(24)12-15)18-10-5-6-11-28(18)20;3-2(4,5)1(6)7/h5-12,17,27H,13-14H2,1-4H3,(H,25,29);(H,6,7). The number of aromatic amines is 1. The number of nitrogens with zero attached hydrogens (tertiary/aromatic N) is 1. The molecule has 0 bridgehead atoms. The molecule has 1 aliphatic heterocycles. The van der Waals surface area contributed by atoms with Gasteiger partial charge in [-0.2, -0.15) is 17.6 Å². The molecule has 2 aromatic heterocycles. The average Bonchev–Trinajstić information content (AvgIpc) is 3.11. The lowest BCUT2D eigenvalue weighted by Gasteiger charge is -2.46. The summed E-state index contributed by atoms with van der Waals surface area (Å²) in [5.41, 5.74) is 2.70. The summed E-state index contributed by atoms with van der Waals surface area (Å²) in [6, 6.07) is 13.7. The number of aromatic nitrogens is 2. The molecular weight excluding hydrogens is 497 g/mol. The van der Waals surface area contributed by atoms with E-state index in [9.17, 15) is 18.0 Å². The van der Waals surface area contributed by atoms with Crippen molar-refractivity contribution in [2.45, 2.75) is 63.8 Å². The zero-order valence-corrected chi connectivity index (χ0v) is 21.1. The Bertz CT molecular complexity index is 1250. The number of alkyl halides is 3. The van der Waals surface area contributed by atoms with Crippen LogP contribution in [0.3, 0.4) is 0 Å². The van der Waals surface area contributed by atoms with E-state index < -0.39 is 12.1 Å². The molecule has 194 valence electrons. The number of amides is 1. The van der Waals surface area contributed by atoms with Crippen molar-refractivity contribution in [3.8, 4) is 11.3 Å². The molecule has 3 N–H and O–H groups in total. The molecule has 0 saturated carbocycles. The fourth-order valence-corrected chi connectivity index (χ4v) is 4.98. The monoisotopic (exact) mass is 524 g/mol. The predicted molar refractivity (Wildman–Crippen MR) is 127 cm³/mol. The molecule has 0 spiro atoms. The third-order valence-corrected chi connectivity index (χ3v) is 5.92. The molecule has 11 heteroatoms. The van der Waals surface area contributed by atoms with E-state index in [2.05, 4.69) is 43.3 Å². The van der Waals surface area contributed by atoms with Gasteiger partial charge in [-0.25, -0.2) is 4.98 Å². The van der Waals surface area contributed by atoms with E-state index >= 15 is 0 Å². The van der Waals surface area contributed by atoms with Gasteiger partial charge >= 0.3 is 17.9 Å². The molecule has 4 rings (SSSR count). The number of benzene rings is 1. The summed E-state index contributed by atoms with van der Waals surface area (Å²) in [6.45, 7) is 8.73. The van der Waals surface area contributed by atoms with E-state index in [4.69, 9.17) is 21.5 Å². The number of imidazole rings is 1. The summed E-state index contributed by atoms with van der Waals surface area (Å²) < 4.78 is 33.5. The van der Waals surface area contributed by atoms with Crippen LogP contribution in [0.15, 0.2) is 48.7 Å². The number of pyridine rings is 1. The first-order valence-corrected chi connectivity index (χ1v) is 11.6. The molecular formula is C25H28ClF3N4O3. The smallest absolute Gasteiger partial charge is 0.430 e. The minimum Gasteiger partial charge on any atom is -0.542 e. The van der Waals surface area contributed by atoms with E-state index in [1.807, 2.05) is 53.1 Å². The Balaban J connectivity index is 0.000000454. The third kappa shape index (κ3) is 6.76. The van der Waals surface area contributed by atoms with Crippen LogP contribution in [0.2, 0.25) is 5.02 Å². The van der Waals surface area contributed by atoms with Crippen molar-refractivity contribution in [1.82, 2.24) is 15.6 Å². The van der Waals surface area contributed by atoms with Gasteiger partial charge in [0.25, 0.3) is 0 Å². The Kier molecular flexibility index (Phi) is 7.71. The number of carbonyl (C=O) groups excluding carboxylic acids is 2. The van der Waals surface area contributed by atoms with Crippen LogP contribution in [0.25, 0.3) is 16.8 Å². The molecule has 1 saturated heterocycles. The lowest BCUT2D eigenvalue weighted by atomic mass is 9.79. The molecule has 7 nitrogen and oxygen atoms in total. The van der Waals surface area contributed by atoms with E-state index in [1.54, 1.807) is 0 Å². The number of H-pyrrole nitrogens is 1. The minimum absolute atomic E-state index is 0.0312. The highest BCUT2D eigenvalue weighted by atomic mass is 35.5. The summed E-state index contributed by atoms with van der Waals surface area (Å²) in [5.74, 6) is -2.59. The summed E-state index contributed by atoms with van der Waals surface area (Å²) >= 11 is 6.19. The van der Waals surface area contributed by atoms with Gasteiger partial charge in [-0.15, -0.1) is 0 Å². The van der Waals surface area contributed by atoms with Crippen molar-refractivity contribution in [2.75, 3.05) is 0 Å². The molecule has 36 heavy (non-hydrogen) atoms. The van der Waals surface area contributed by atoms with Crippen LogP contribution in [-0.4, -0.2) is 40.2 Å². The van der Waals surface area contributed by atoms with Gasteiger partial charge in [-0.3, -0.25) is 4.79 Å². The van der Waals surface area contributed by atoms with Gasteiger partial charge in [-0.05, 0) is 64.8 Å². The van der Waals surface area contributed by atoms with E-state index in [1.165, 1.54) is 0 Å². The highest BCUT2D eigenvalue weighted by Gasteiger charge is 2.39. The number of carboxylic acids is 1. The molecule has 3 aromatic rings. The van der Waals surface area contributed by atoms with Crippen molar-refractivity contribution in [3.05, 3.63) is 59.5 Å². The molecule has 1 fully saturated rings. The van der Waals surface area contributed by atoms with Crippen LogP contribution in [-0.2, 0) is 4.79 Å². The largest absolute Gasteiger partial charge is 0.542 e. The topological polar surface area (TPSA) is 101 Å². The molecule has 1 aromatic carbocycles. The normalized spacial score (nSPS) is 17.2. The first kappa shape index (κ1) is 27.5. The van der Waals surface area contributed by atoms with Gasteiger partial charge in [0.2, 0.25) is 0 Å². The van der Waals surface area contributed by atoms with Gasteiger partial charge in [-0.1, -0.05) is 29.8 Å². The van der Waals surface area contributed by atoms with Crippen molar-refractivity contribution in [2.24, 2.45) is 0 Å². The molecule has 0 radical (unpaired) electrons.